The predicted octanol–water partition coefficient (Wildman–Crippen LogP) is 2.45. The first kappa shape index (κ1) is 22.3. The lowest BCUT2D eigenvalue weighted by molar-refractivity contribution is -0.137. The quantitative estimate of drug-likeness (QED) is 0.475. The third-order valence-corrected chi connectivity index (χ3v) is 4.75. The van der Waals surface area contributed by atoms with E-state index in [2.05, 4.69) is 33.8 Å². The topological polar surface area (TPSA) is 117 Å². The Hall–Kier alpha value is -4.40. The number of ether oxygens (including phenoxy) is 1. The van der Waals surface area contributed by atoms with E-state index in [-0.39, 0.29) is 24.0 Å². The third kappa shape index (κ3) is 4.51. The summed E-state index contributed by atoms with van der Waals surface area (Å²) < 4.78 is 4.49. The number of amides is 3. The number of nitrogens with zero attached hydrogens (tertiary/aromatic N) is 1. The van der Waals surface area contributed by atoms with Gasteiger partial charge in [-0.2, -0.15) is 0 Å². The van der Waals surface area contributed by atoms with Crippen molar-refractivity contribution in [1.82, 2.24) is 10.2 Å². The van der Waals surface area contributed by atoms with Crippen LogP contribution in [-0.4, -0.2) is 42.4 Å². The van der Waals surface area contributed by atoms with Crippen molar-refractivity contribution in [1.29, 1.82) is 0 Å². The molecule has 3 N–H and O–H groups in total. The Morgan fingerprint density at radius 1 is 1.06 bits per heavy atom. The monoisotopic (exact) mass is 434 g/mol. The maximum Gasteiger partial charge on any atom is 0.353 e. The number of carbonyl (C=O) groups excluding carboxylic acids is 4. The van der Waals surface area contributed by atoms with Crippen LogP contribution < -0.4 is 16.0 Å². The van der Waals surface area contributed by atoms with Crippen LogP contribution in [0.3, 0.4) is 0 Å². The minimum atomic E-state index is -0.797. The summed E-state index contributed by atoms with van der Waals surface area (Å²) in [5.41, 5.74) is 2.87. The van der Waals surface area contributed by atoms with Crippen molar-refractivity contribution in [2.24, 2.45) is 0 Å². The fourth-order valence-corrected chi connectivity index (χ4v) is 3.20. The van der Waals surface area contributed by atoms with Crippen LogP contribution in [0.4, 0.5) is 11.4 Å². The molecule has 0 fully saturated rings. The number of rotatable bonds is 6. The van der Waals surface area contributed by atoms with Crippen LogP contribution in [0.1, 0.15) is 17.3 Å². The molecule has 1 aliphatic heterocycles. The highest BCUT2D eigenvalue weighted by Gasteiger charge is 2.30. The smallest absolute Gasteiger partial charge is 0.353 e. The van der Waals surface area contributed by atoms with E-state index in [4.69, 9.17) is 0 Å². The summed E-state index contributed by atoms with van der Waals surface area (Å²) in [6.45, 7) is 8.54. The first-order chi connectivity index (χ1) is 15.2. The van der Waals surface area contributed by atoms with Gasteiger partial charge in [-0.05, 0) is 23.8 Å². The Morgan fingerprint density at radius 3 is 2.34 bits per heavy atom. The summed E-state index contributed by atoms with van der Waals surface area (Å²) in [5.74, 6) is -2.13. The normalized spacial score (nSPS) is 12.2. The van der Waals surface area contributed by atoms with Crippen molar-refractivity contribution in [2.45, 2.75) is 6.92 Å². The van der Waals surface area contributed by atoms with Gasteiger partial charge in [-0.3, -0.25) is 19.3 Å². The van der Waals surface area contributed by atoms with Crippen molar-refractivity contribution in [3.05, 3.63) is 72.6 Å². The molecule has 0 saturated heterocycles. The molecule has 0 spiro atoms. The highest BCUT2D eigenvalue weighted by atomic mass is 16.5. The van der Waals surface area contributed by atoms with Crippen molar-refractivity contribution < 1.29 is 23.9 Å². The Kier molecular flexibility index (Phi) is 6.39. The lowest BCUT2D eigenvalue weighted by Gasteiger charge is -2.31. The molecule has 1 aliphatic rings. The standard InChI is InChI=1S/C23H22N4O5/c1-13(23(31)32-4)25-21(29)14(2)27-12-24-20-18(6-5-7-19(20)22(27)30)16-8-10-17(11-9-16)26-15(3)28/h5-11,24H,1-2,12H2,3-4H3,(H,25,29)(H,26,28). The van der Waals surface area contributed by atoms with Gasteiger partial charge >= 0.3 is 5.97 Å². The van der Waals surface area contributed by atoms with Gasteiger partial charge in [0.1, 0.15) is 11.4 Å². The first-order valence-corrected chi connectivity index (χ1v) is 9.57. The van der Waals surface area contributed by atoms with Crippen LogP contribution in [-0.2, 0) is 19.1 Å². The summed E-state index contributed by atoms with van der Waals surface area (Å²) >= 11 is 0. The van der Waals surface area contributed by atoms with Gasteiger partial charge in [-0.15, -0.1) is 0 Å². The van der Waals surface area contributed by atoms with Gasteiger partial charge in [0, 0.05) is 18.2 Å². The van der Waals surface area contributed by atoms with E-state index in [0.29, 0.717) is 16.9 Å². The predicted molar refractivity (Wildman–Crippen MR) is 119 cm³/mol. The van der Waals surface area contributed by atoms with Crippen LogP contribution in [0.2, 0.25) is 0 Å². The number of hydrogen-bond donors (Lipinski definition) is 3. The minimum Gasteiger partial charge on any atom is -0.464 e. The van der Waals surface area contributed by atoms with E-state index >= 15 is 0 Å². The molecule has 3 rings (SSSR count). The number of esters is 1. The molecule has 0 radical (unpaired) electrons. The molecular formula is C23H22N4O5. The van der Waals surface area contributed by atoms with Crippen molar-refractivity contribution in [3.63, 3.8) is 0 Å². The van der Waals surface area contributed by atoms with E-state index in [1.807, 2.05) is 18.2 Å². The molecule has 3 amide bonds. The Balaban J connectivity index is 1.82. The van der Waals surface area contributed by atoms with E-state index in [1.165, 1.54) is 11.8 Å². The molecule has 9 nitrogen and oxygen atoms in total. The molecule has 0 aliphatic carbocycles. The van der Waals surface area contributed by atoms with Crippen LogP contribution in [0.5, 0.6) is 0 Å². The zero-order valence-corrected chi connectivity index (χ0v) is 17.7. The number of anilines is 2. The highest BCUT2D eigenvalue weighted by Crippen LogP contribution is 2.35. The average Bonchev–Trinajstić information content (AvgIpc) is 2.78. The van der Waals surface area contributed by atoms with E-state index in [0.717, 1.165) is 18.2 Å². The number of methoxy groups -OCH3 is 1. The van der Waals surface area contributed by atoms with Crippen LogP contribution in [0, 0.1) is 0 Å². The number of carbonyl (C=O) groups is 4. The molecule has 1 heterocycles. The van der Waals surface area contributed by atoms with Crippen LogP contribution >= 0.6 is 0 Å². The Bertz CT molecular complexity index is 1140. The molecular weight excluding hydrogens is 412 g/mol. The summed E-state index contributed by atoms with van der Waals surface area (Å²) in [6.07, 6.45) is 0. The number of benzene rings is 2. The van der Waals surface area contributed by atoms with Crippen molar-refractivity contribution in [3.8, 4) is 11.1 Å². The number of hydrogen-bond acceptors (Lipinski definition) is 6. The second-order valence-electron chi connectivity index (χ2n) is 6.93. The Morgan fingerprint density at radius 2 is 1.72 bits per heavy atom. The average molecular weight is 434 g/mol. The molecule has 0 saturated carbocycles. The summed E-state index contributed by atoms with van der Waals surface area (Å²) in [5, 5.41) is 8.14. The van der Waals surface area contributed by atoms with E-state index in [1.54, 1.807) is 24.3 Å². The fourth-order valence-electron chi connectivity index (χ4n) is 3.20. The largest absolute Gasteiger partial charge is 0.464 e. The van der Waals surface area contributed by atoms with Crippen molar-refractivity contribution >= 4 is 35.1 Å². The summed E-state index contributed by atoms with van der Waals surface area (Å²) in [6, 6.07) is 12.5. The second kappa shape index (κ2) is 9.17. The fraction of sp³-hybridized carbons (Fsp3) is 0.130. The highest BCUT2D eigenvalue weighted by molar-refractivity contribution is 6.09. The molecule has 2 aromatic rings. The van der Waals surface area contributed by atoms with Gasteiger partial charge in [0.25, 0.3) is 11.8 Å². The molecule has 9 heteroatoms. The molecule has 2 aromatic carbocycles. The zero-order valence-electron chi connectivity index (χ0n) is 17.7. The minimum absolute atomic E-state index is 0.00375. The van der Waals surface area contributed by atoms with E-state index < -0.39 is 17.8 Å². The second-order valence-corrected chi connectivity index (χ2v) is 6.93. The molecule has 0 aromatic heterocycles. The third-order valence-electron chi connectivity index (χ3n) is 4.75. The first-order valence-electron chi connectivity index (χ1n) is 9.57. The molecule has 0 atom stereocenters. The lowest BCUT2D eigenvalue weighted by atomic mass is 9.97. The lowest BCUT2D eigenvalue weighted by Crippen LogP contribution is -2.44. The summed E-state index contributed by atoms with van der Waals surface area (Å²) in [7, 11) is 1.16. The van der Waals surface area contributed by atoms with Gasteiger partial charge < -0.3 is 20.7 Å². The molecule has 32 heavy (non-hydrogen) atoms. The maximum absolute atomic E-state index is 13.1. The molecule has 0 bridgehead atoms. The van der Waals surface area contributed by atoms with Crippen molar-refractivity contribution in [2.75, 3.05) is 24.4 Å². The number of nitrogens with one attached hydrogen (secondary N) is 3. The van der Waals surface area contributed by atoms with Gasteiger partial charge in [0.2, 0.25) is 5.91 Å². The van der Waals surface area contributed by atoms with Crippen LogP contribution in [0.15, 0.2) is 67.0 Å². The maximum atomic E-state index is 13.1. The number of fused-ring (bicyclic) bond motifs is 1. The van der Waals surface area contributed by atoms with Gasteiger partial charge in [0.15, 0.2) is 0 Å². The van der Waals surface area contributed by atoms with Gasteiger partial charge in [-0.25, -0.2) is 4.79 Å². The van der Waals surface area contributed by atoms with Gasteiger partial charge in [0.05, 0.1) is 25.0 Å². The number of para-hydroxylation sites is 1. The van der Waals surface area contributed by atoms with Crippen LogP contribution in [0.25, 0.3) is 11.1 Å². The Labute approximate surface area is 184 Å². The SMILES string of the molecule is C=C(NC(=O)C(=C)N1CNc2c(cccc2-c2ccc(NC(C)=O)cc2)C1=O)C(=O)OC. The zero-order chi connectivity index (χ0) is 23.4. The van der Waals surface area contributed by atoms with Gasteiger partial charge in [-0.1, -0.05) is 37.4 Å². The molecule has 0 unspecified atom stereocenters. The molecule has 164 valence electrons. The van der Waals surface area contributed by atoms with E-state index in [9.17, 15) is 19.2 Å². The summed E-state index contributed by atoms with van der Waals surface area (Å²) in [4.78, 5) is 49.3.